The maximum Gasteiger partial charge on any atom is 0.243 e. The van der Waals surface area contributed by atoms with E-state index < -0.39 is 10.0 Å². The van der Waals surface area contributed by atoms with Crippen LogP contribution >= 0.6 is 11.6 Å². The normalized spacial score (nSPS) is 11.6. The largest absolute Gasteiger partial charge is 0.380 e. The predicted octanol–water partition coefficient (Wildman–Crippen LogP) is 2.26. The molecule has 1 aromatic carbocycles. The average Bonchev–Trinajstić information content (AvgIpc) is 2.43. The van der Waals surface area contributed by atoms with Crippen molar-refractivity contribution in [3.8, 4) is 6.07 Å². The van der Waals surface area contributed by atoms with Crippen molar-refractivity contribution in [1.82, 2.24) is 4.31 Å². The highest BCUT2D eigenvalue weighted by Gasteiger charge is 2.23. The first-order chi connectivity index (χ1) is 9.47. The number of halogens is 1. The highest BCUT2D eigenvalue weighted by atomic mass is 35.5. The molecule has 0 bridgehead atoms. The summed E-state index contributed by atoms with van der Waals surface area (Å²) in [5.41, 5.74) is 0.253. The number of likely N-dealkylation sites (N-methyl/N-ethyl adjacent to an activating group) is 1. The Bertz CT molecular complexity index is 596. The second-order valence-corrected chi connectivity index (χ2v) is 6.29. The predicted molar refractivity (Wildman–Crippen MR) is 77.1 cm³/mol. The Hall–Kier alpha value is -1.13. The van der Waals surface area contributed by atoms with E-state index in [-0.39, 0.29) is 22.0 Å². The van der Waals surface area contributed by atoms with Crippen molar-refractivity contribution in [3.05, 3.63) is 28.8 Å². The molecule has 0 heterocycles. The summed E-state index contributed by atoms with van der Waals surface area (Å²) in [4.78, 5) is 0.0832. The number of ether oxygens (including phenoxy) is 1. The minimum atomic E-state index is -3.62. The second kappa shape index (κ2) is 7.60. The van der Waals surface area contributed by atoms with Crippen molar-refractivity contribution in [2.45, 2.75) is 18.7 Å². The van der Waals surface area contributed by atoms with Crippen LogP contribution in [0.25, 0.3) is 0 Å². The van der Waals surface area contributed by atoms with Crippen LogP contribution in [0.2, 0.25) is 5.02 Å². The van der Waals surface area contributed by atoms with Crippen molar-refractivity contribution in [2.75, 3.05) is 26.3 Å². The SMILES string of the molecule is CCOCCN(CC)S(=O)(=O)c1ccc(C#N)c(Cl)c1. The van der Waals surface area contributed by atoms with Crippen molar-refractivity contribution >= 4 is 21.6 Å². The third-order valence-electron chi connectivity index (χ3n) is 2.74. The van der Waals surface area contributed by atoms with Crippen molar-refractivity contribution in [2.24, 2.45) is 0 Å². The van der Waals surface area contributed by atoms with Gasteiger partial charge in [-0.1, -0.05) is 18.5 Å². The number of nitriles is 1. The number of rotatable bonds is 7. The zero-order valence-corrected chi connectivity index (χ0v) is 13.0. The molecule has 0 aliphatic heterocycles. The minimum Gasteiger partial charge on any atom is -0.380 e. The molecule has 0 fully saturated rings. The molecule has 5 nitrogen and oxygen atoms in total. The van der Waals surface area contributed by atoms with Gasteiger partial charge in [0.2, 0.25) is 10.0 Å². The Labute approximate surface area is 124 Å². The maximum absolute atomic E-state index is 12.4. The zero-order valence-electron chi connectivity index (χ0n) is 11.5. The van der Waals surface area contributed by atoms with Crippen LogP contribution in [-0.4, -0.2) is 39.0 Å². The highest BCUT2D eigenvalue weighted by molar-refractivity contribution is 7.89. The van der Waals surface area contributed by atoms with Crippen LogP contribution in [0.4, 0.5) is 0 Å². The van der Waals surface area contributed by atoms with Gasteiger partial charge in [0.25, 0.3) is 0 Å². The Kier molecular flexibility index (Phi) is 6.43. The van der Waals surface area contributed by atoms with Crippen LogP contribution < -0.4 is 0 Å². The second-order valence-electron chi connectivity index (χ2n) is 3.95. The smallest absolute Gasteiger partial charge is 0.243 e. The molecule has 7 heteroatoms. The molecule has 0 spiro atoms. The van der Waals surface area contributed by atoms with Crippen LogP contribution in [0.3, 0.4) is 0 Å². The van der Waals surface area contributed by atoms with Gasteiger partial charge in [0.15, 0.2) is 0 Å². The maximum atomic E-state index is 12.4. The van der Waals surface area contributed by atoms with Crippen LogP contribution in [0.5, 0.6) is 0 Å². The third-order valence-corrected chi connectivity index (χ3v) is 5.02. The monoisotopic (exact) mass is 316 g/mol. The lowest BCUT2D eigenvalue weighted by Gasteiger charge is -2.20. The third kappa shape index (κ3) is 3.93. The molecule has 0 atom stereocenters. The topological polar surface area (TPSA) is 70.4 Å². The average molecular weight is 317 g/mol. The first-order valence-corrected chi connectivity index (χ1v) is 8.06. The van der Waals surface area contributed by atoms with Gasteiger partial charge in [-0.3, -0.25) is 0 Å². The Morgan fingerprint density at radius 1 is 1.40 bits per heavy atom. The van der Waals surface area contributed by atoms with Gasteiger partial charge in [0.05, 0.1) is 22.1 Å². The molecular formula is C13H17ClN2O3S. The van der Waals surface area contributed by atoms with Gasteiger partial charge in [0, 0.05) is 19.7 Å². The van der Waals surface area contributed by atoms with Crippen LogP contribution in [0.1, 0.15) is 19.4 Å². The van der Waals surface area contributed by atoms with E-state index in [0.29, 0.717) is 19.8 Å². The summed E-state index contributed by atoms with van der Waals surface area (Å²) in [6, 6.07) is 6.00. The first-order valence-electron chi connectivity index (χ1n) is 6.24. The first kappa shape index (κ1) is 16.9. The molecule has 1 rings (SSSR count). The summed E-state index contributed by atoms with van der Waals surface area (Å²) in [6.45, 7) is 5.12. The van der Waals surface area contributed by atoms with Crippen molar-refractivity contribution in [1.29, 1.82) is 5.26 Å². The molecule has 0 aromatic heterocycles. The summed E-state index contributed by atoms with van der Waals surface area (Å²) in [5, 5.41) is 8.93. The van der Waals surface area contributed by atoms with Gasteiger partial charge in [0.1, 0.15) is 6.07 Å². The summed E-state index contributed by atoms with van der Waals surface area (Å²) in [6.07, 6.45) is 0. The Morgan fingerprint density at radius 2 is 2.10 bits per heavy atom. The quantitative estimate of drug-likeness (QED) is 0.723. The molecule has 110 valence electrons. The van der Waals surface area contributed by atoms with E-state index in [4.69, 9.17) is 21.6 Å². The van der Waals surface area contributed by atoms with Gasteiger partial charge in [-0.25, -0.2) is 8.42 Å². The lowest BCUT2D eigenvalue weighted by Crippen LogP contribution is -2.34. The fraction of sp³-hybridized carbons (Fsp3) is 0.462. The minimum absolute atomic E-state index is 0.0832. The fourth-order valence-corrected chi connectivity index (χ4v) is 3.40. The number of benzene rings is 1. The van der Waals surface area contributed by atoms with Crippen LogP contribution in [-0.2, 0) is 14.8 Å². The Morgan fingerprint density at radius 3 is 2.60 bits per heavy atom. The molecule has 0 N–H and O–H groups in total. The molecule has 1 aromatic rings. The number of nitrogens with zero attached hydrogens (tertiary/aromatic N) is 2. The van der Waals surface area contributed by atoms with Gasteiger partial charge < -0.3 is 4.74 Å². The fourth-order valence-electron chi connectivity index (χ4n) is 1.65. The molecule has 0 saturated carbocycles. The van der Waals surface area contributed by atoms with E-state index in [1.54, 1.807) is 6.92 Å². The number of hydrogen-bond acceptors (Lipinski definition) is 4. The van der Waals surface area contributed by atoms with Crippen molar-refractivity contribution < 1.29 is 13.2 Å². The van der Waals surface area contributed by atoms with Gasteiger partial charge in [-0.2, -0.15) is 9.57 Å². The summed E-state index contributed by atoms with van der Waals surface area (Å²) in [5.74, 6) is 0. The summed E-state index contributed by atoms with van der Waals surface area (Å²) >= 11 is 5.88. The van der Waals surface area contributed by atoms with E-state index in [1.165, 1.54) is 22.5 Å². The summed E-state index contributed by atoms with van der Waals surface area (Å²) in [7, 11) is -3.62. The molecule has 0 unspecified atom stereocenters. The van der Waals surface area contributed by atoms with E-state index in [0.717, 1.165) is 0 Å². The lowest BCUT2D eigenvalue weighted by atomic mass is 10.2. The van der Waals surface area contributed by atoms with E-state index in [2.05, 4.69) is 0 Å². The van der Waals surface area contributed by atoms with E-state index >= 15 is 0 Å². The highest BCUT2D eigenvalue weighted by Crippen LogP contribution is 2.22. The molecule has 0 radical (unpaired) electrons. The molecule has 0 amide bonds. The van der Waals surface area contributed by atoms with E-state index in [1.807, 2.05) is 13.0 Å². The number of sulfonamides is 1. The number of hydrogen-bond donors (Lipinski definition) is 0. The zero-order chi connectivity index (χ0) is 15.2. The molecule has 0 aliphatic rings. The van der Waals surface area contributed by atoms with E-state index in [9.17, 15) is 8.42 Å². The standard InChI is InChI=1S/C13H17ClN2O3S/c1-3-16(7-8-19-4-2)20(17,18)12-6-5-11(10-15)13(14)9-12/h5-6,9H,3-4,7-8H2,1-2H3. The lowest BCUT2D eigenvalue weighted by molar-refractivity contribution is 0.135. The van der Waals surface area contributed by atoms with Crippen LogP contribution in [0.15, 0.2) is 23.1 Å². The van der Waals surface area contributed by atoms with Gasteiger partial charge >= 0.3 is 0 Å². The van der Waals surface area contributed by atoms with Gasteiger partial charge in [-0.05, 0) is 25.1 Å². The van der Waals surface area contributed by atoms with Crippen LogP contribution in [0, 0.1) is 11.3 Å². The molecule has 0 saturated heterocycles. The molecular weight excluding hydrogens is 300 g/mol. The molecule has 20 heavy (non-hydrogen) atoms. The Balaban J connectivity index is 3.02. The van der Waals surface area contributed by atoms with Crippen molar-refractivity contribution in [3.63, 3.8) is 0 Å². The molecule has 0 aliphatic carbocycles. The summed E-state index contributed by atoms with van der Waals surface area (Å²) < 4.78 is 31.4. The van der Waals surface area contributed by atoms with Gasteiger partial charge in [-0.15, -0.1) is 0 Å².